The molecule has 7 nitrogen and oxygen atoms in total. The van der Waals surface area contributed by atoms with Gasteiger partial charge in [-0.15, -0.1) is 0 Å². The first-order chi connectivity index (χ1) is 13.4. The SMILES string of the molecule is O=C(NCCCCNCCCNC(=O)c1cc(Br)c(Br)[nH]1)c1cc(Br)c(Br)[nH]1. The van der Waals surface area contributed by atoms with Gasteiger partial charge in [0.05, 0.1) is 18.2 Å². The molecule has 2 aromatic rings. The van der Waals surface area contributed by atoms with Crippen molar-refractivity contribution < 1.29 is 9.59 Å². The highest BCUT2D eigenvalue weighted by Crippen LogP contribution is 2.23. The van der Waals surface area contributed by atoms with Gasteiger partial charge < -0.3 is 25.9 Å². The van der Waals surface area contributed by atoms with Gasteiger partial charge in [-0.2, -0.15) is 0 Å². The fourth-order valence-electron chi connectivity index (χ4n) is 2.36. The normalized spacial score (nSPS) is 10.9. The molecule has 0 radical (unpaired) electrons. The quantitative estimate of drug-likeness (QED) is 0.235. The van der Waals surface area contributed by atoms with Crippen molar-refractivity contribution in [3.05, 3.63) is 41.7 Å². The number of carbonyl (C=O) groups is 2. The average molecular weight is 647 g/mol. The van der Waals surface area contributed by atoms with Crippen LogP contribution in [-0.2, 0) is 0 Å². The Kier molecular flexibility index (Phi) is 10.3. The number of hydrogen-bond acceptors (Lipinski definition) is 3. The molecule has 0 atom stereocenters. The number of halogens is 4. The second-order valence-electron chi connectivity index (χ2n) is 6.01. The summed E-state index contributed by atoms with van der Waals surface area (Å²) in [6.07, 6.45) is 2.71. The third kappa shape index (κ3) is 7.66. The molecule has 0 bridgehead atoms. The molecule has 154 valence electrons. The fraction of sp³-hybridized carbons (Fsp3) is 0.412. The van der Waals surface area contributed by atoms with Gasteiger partial charge in [0.25, 0.3) is 11.8 Å². The standard InChI is InChI=1S/C17H21Br4N5O2/c18-10-8-12(25-14(10)20)16(27)23-6-2-1-4-22-5-3-7-24-17(28)13-9-11(19)15(21)26-13/h8-9,22,25-26H,1-7H2,(H,23,27)(H,24,28). The zero-order chi connectivity index (χ0) is 20.5. The lowest BCUT2D eigenvalue weighted by Crippen LogP contribution is -2.28. The van der Waals surface area contributed by atoms with E-state index in [1.165, 1.54) is 0 Å². The van der Waals surface area contributed by atoms with Crippen molar-refractivity contribution in [3.63, 3.8) is 0 Å². The number of unbranched alkanes of at least 4 members (excludes halogenated alkanes) is 1. The smallest absolute Gasteiger partial charge is 0.267 e. The zero-order valence-corrected chi connectivity index (χ0v) is 21.3. The summed E-state index contributed by atoms with van der Waals surface area (Å²) in [6.45, 7) is 2.94. The fourth-order valence-corrected chi connectivity index (χ4v) is 3.67. The highest BCUT2D eigenvalue weighted by atomic mass is 79.9. The van der Waals surface area contributed by atoms with Crippen molar-refractivity contribution in [2.45, 2.75) is 19.3 Å². The Bertz CT molecular complexity index is 700. The first kappa shape index (κ1) is 23.7. The second kappa shape index (κ2) is 12.2. The minimum Gasteiger partial charge on any atom is -0.351 e. The van der Waals surface area contributed by atoms with Crippen LogP contribution >= 0.6 is 63.7 Å². The van der Waals surface area contributed by atoms with E-state index in [1.807, 2.05) is 0 Å². The van der Waals surface area contributed by atoms with Gasteiger partial charge in [-0.25, -0.2) is 0 Å². The molecular formula is C17H21Br4N5O2. The molecule has 2 rings (SSSR count). The van der Waals surface area contributed by atoms with Crippen LogP contribution in [0.25, 0.3) is 0 Å². The zero-order valence-electron chi connectivity index (χ0n) is 14.9. The van der Waals surface area contributed by atoms with Crippen LogP contribution in [0.4, 0.5) is 0 Å². The first-order valence-corrected chi connectivity index (χ1v) is 11.9. The Morgan fingerprint density at radius 1 is 0.714 bits per heavy atom. The molecule has 5 N–H and O–H groups in total. The minimum absolute atomic E-state index is 0.115. The van der Waals surface area contributed by atoms with Gasteiger partial charge in [0.15, 0.2) is 0 Å². The number of carbonyl (C=O) groups excluding carboxylic acids is 2. The van der Waals surface area contributed by atoms with Crippen molar-refractivity contribution in [1.29, 1.82) is 0 Å². The van der Waals surface area contributed by atoms with Crippen LogP contribution in [0.1, 0.15) is 40.2 Å². The predicted molar refractivity (Wildman–Crippen MR) is 124 cm³/mol. The van der Waals surface area contributed by atoms with Gasteiger partial charge in [0.1, 0.15) is 11.4 Å². The summed E-state index contributed by atoms with van der Waals surface area (Å²) >= 11 is 13.3. The number of aromatic amines is 2. The van der Waals surface area contributed by atoms with Crippen molar-refractivity contribution in [2.75, 3.05) is 26.2 Å². The van der Waals surface area contributed by atoms with E-state index in [9.17, 15) is 9.59 Å². The van der Waals surface area contributed by atoms with E-state index in [4.69, 9.17) is 0 Å². The van der Waals surface area contributed by atoms with Crippen LogP contribution in [0, 0.1) is 0 Å². The summed E-state index contributed by atoms with van der Waals surface area (Å²) < 4.78 is 3.16. The number of rotatable bonds is 11. The average Bonchev–Trinajstić information content (AvgIpc) is 3.18. The van der Waals surface area contributed by atoms with Gasteiger partial charge in [0, 0.05) is 13.1 Å². The van der Waals surface area contributed by atoms with Gasteiger partial charge in [-0.1, -0.05) is 0 Å². The van der Waals surface area contributed by atoms with E-state index in [0.29, 0.717) is 24.5 Å². The minimum atomic E-state index is -0.122. The lowest BCUT2D eigenvalue weighted by molar-refractivity contribution is 0.0940. The highest BCUT2D eigenvalue weighted by Gasteiger charge is 2.11. The predicted octanol–water partition coefficient (Wildman–Crippen LogP) is 4.31. The molecular weight excluding hydrogens is 626 g/mol. The monoisotopic (exact) mass is 643 g/mol. The Morgan fingerprint density at radius 2 is 1.14 bits per heavy atom. The Balaban J connectivity index is 1.45. The topological polar surface area (TPSA) is 102 Å². The number of H-pyrrole nitrogens is 2. The molecule has 0 aliphatic heterocycles. The molecule has 2 heterocycles. The first-order valence-electron chi connectivity index (χ1n) is 8.73. The Hall–Kier alpha value is -0.620. The van der Waals surface area contributed by atoms with Crippen LogP contribution in [0.2, 0.25) is 0 Å². The van der Waals surface area contributed by atoms with Crippen LogP contribution in [0.3, 0.4) is 0 Å². The molecule has 11 heteroatoms. The van der Waals surface area contributed by atoms with Crippen LogP contribution in [0.5, 0.6) is 0 Å². The van der Waals surface area contributed by atoms with Gasteiger partial charge in [0.2, 0.25) is 0 Å². The number of amides is 2. The lowest BCUT2D eigenvalue weighted by atomic mass is 10.3. The van der Waals surface area contributed by atoms with E-state index in [-0.39, 0.29) is 11.8 Å². The van der Waals surface area contributed by atoms with Crippen LogP contribution < -0.4 is 16.0 Å². The van der Waals surface area contributed by atoms with E-state index in [0.717, 1.165) is 50.5 Å². The van der Waals surface area contributed by atoms with Crippen LogP contribution in [0.15, 0.2) is 30.3 Å². The second-order valence-corrected chi connectivity index (χ2v) is 9.31. The third-order valence-corrected chi connectivity index (χ3v) is 7.39. The molecule has 0 spiro atoms. The molecule has 28 heavy (non-hydrogen) atoms. The number of nitrogens with one attached hydrogen (secondary N) is 5. The molecule has 0 aliphatic rings. The number of aromatic nitrogens is 2. The molecule has 0 saturated heterocycles. The Morgan fingerprint density at radius 3 is 1.61 bits per heavy atom. The van der Waals surface area contributed by atoms with Crippen molar-refractivity contribution in [2.24, 2.45) is 0 Å². The van der Waals surface area contributed by atoms with E-state index in [2.05, 4.69) is 89.6 Å². The molecule has 0 unspecified atom stereocenters. The van der Waals surface area contributed by atoms with Crippen molar-refractivity contribution in [1.82, 2.24) is 25.9 Å². The Labute approximate surface area is 197 Å². The van der Waals surface area contributed by atoms with Gasteiger partial charge >= 0.3 is 0 Å². The maximum atomic E-state index is 12.0. The highest BCUT2D eigenvalue weighted by molar-refractivity contribution is 9.13. The number of hydrogen-bond donors (Lipinski definition) is 5. The van der Waals surface area contributed by atoms with Crippen LogP contribution in [-0.4, -0.2) is 48.0 Å². The lowest BCUT2D eigenvalue weighted by Gasteiger charge is -2.07. The molecule has 0 aromatic carbocycles. The largest absolute Gasteiger partial charge is 0.351 e. The summed E-state index contributed by atoms with van der Waals surface area (Å²) in [7, 11) is 0. The van der Waals surface area contributed by atoms with E-state index >= 15 is 0 Å². The summed E-state index contributed by atoms with van der Waals surface area (Å²) in [4.78, 5) is 29.8. The molecule has 0 fully saturated rings. The summed E-state index contributed by atoms with van der Waals surface area (Å²) in [6, 6.07) is 3.48. The van der Waals surface area contributed by atoms with E-state index < -0.39 is 0 Å². The third-order valence-electron chi connectivity index (χ3n) is 3.82. The molecule has 2 amide bonds. The van der Waals surface area contributed by atoms with Gasteiger partial charge in [-0.3, -0.25) is 9.59 Å². The maximum absolute atomic E-state index is 12.0. The summed E-state index contributed by atoms with van der Waals surface area (Å²) in [5, 5.41) is 9.10. The maximum Gasteiger partial charge on any atom is 0.267 e. The van der Waals surface area contributed by atoms with E-state index in [1.54, 1.807) is 12.1 Å². The van der Waals surface area contributed by atoms with Crippen molar-refractivity contribution >= 4 is 75.5 Å². The van der Waals surface area contributed by atoms with Gasteiger partial charge in [-0.05, 0) is 108 Å². The molecule has 2 aromatic heterocycles. The summed E-state index contributed by atoms with van der Waals surface area (Å²) in [5.41, 5.74) is 1.05. The van der Waals surface area contributed by atoms with Crippen molar-refractivity contribution in [3.8, 4) is 0 Å². The summed E-state index contributed by atoms with van der Waals surface area (Å²) in [5.74, 6) is -0.237. The molecule has 0 saturated carbocycles. The molecule has 0 aliphatic carbocycles.